The number of nitrogens with one attached hydrogen (secondary N) is 2. The Bertz CT molecular complexity index is 1150. The van der Waals surface area contributed by atoms with Gasteiger partial charge in [0.1, 0.15) is 17.3 Å². The third kappa shape index (κ3) is 5.86. The molecule has 1 aliphatic heterocycles. The van der Waals surface area contributed by atoms with Gasteiger partial charge in [-0.1, -0.05) is 41.7 Å². The fourth-order valence-electron chi connectivity index (χ4n) is 3.93. The van der Waals surface area contributed by atoms with Crippen molar-refractivity contribution in [3.05, 3.63) is 51.7 Å². The molecule has 0 spiro atoms. The quantitative estimate of drug-likeness (QED) is 0.428. The average Bonchev–Trinajstić information content (AvgIpc) is 3.25. The molecule has 1 aromatic carbocycles. The molecule has 0 saturated carbocycles. The molecule has 1 aliphatic rings. The number of aromatic nitrogens is 3. The molecule has 4 rings (SSSR count). The first-order chi connectivity index (χ1) is 16.4. The molecule has 2 aromatic heterocycles. The van der Waals surface area contributed by atoms with Crippen LogP contribution in [-0.2, 0) is 18.4 Å². The Hall–Kier alpha value is -3.12. The number of carbonyl (C=O) groups is 2. The minimum absolute atomic E-state index is 0.00620. The van der Waals surface area contributed by atoms with Crippen molar-refractivity contribution in [1.82, 2.24) is 20.1 Å². The number of alkyl carbamates (subject to hydrolysis) is 1. The molecular formula is C22H26BrN7O3S. The van der Waals surface area contributed by atoms with Crippen LogP contribution in [0.3, 0.4) is 0 Å². The van der Waals surface area contributed by atoms with Crippen LogP contribution < -0.4 is 21.3 Å². The minimum Gasteiger partial charge on any atom is -0.445 e. The van der Waals surface area contributed by atoms with Crippen LogP contribution >= 0.6 is 27.3 Å². The van der Waals surface area contributed by atoms with E-state index in [9.17, 15) is 9.59 Å². The summed E-state index contributed by atoms with van der Waals surface area (Å²) in [6, 6.07) is 9.60. The zero-order chi connectivity index (χ0) is 24.1. The summed E-state index contributed by atoms with van der Waals surface area (Å²) in [4.78, 5) is 31.3. The standard InChI is InChI=1S/C22H26BrN7O3S/c1-29-20(16(12-25-29)27-19(31)17-18(24)34-21(23)28-17)30-10-5-8-15(9-11-30)26-22(32)33-13-14-6-3-2-4-7-14/h2-4,6-7,12,15H,5,8-11,13,24H2,1H3,(H,26,32)(H,27,31)/t15-/m1/s1. The fourth-order valence-corrected chi connectivity index (χ4v) is 5.18. The number of nitrogen functional groups attached to an aromatic ring is 1. The third-order valence-corrected chi connectivity index (χ3v) is 6.90. The van der Waals surface area contributed by atoms with Crippen molar-refractivity contribution >= 4 is 55.8 Å². The maximum atomic E-state index is 12.7. The van der Waals surface area contributed by atoms with Gasteiger partial charge in [0.2, 0.25) is 0 Å². The number of thiazole rings is 1. The van der Waals surface area contributed by atoms with E-state index in [1.807, 2.05) is 37.4 Å². The van der Waals surface area contributed by atoms with Crippen LogP contribution in [0.1, 0.15) is 35.3 Å². The van der Waals surface area contributed by atoms with Gasteiger partial charge >= 0.3 is 6.09 Å². The van der Waals surface area contributed by atoms with Crippen molar-refractivity contribution in [1.29, 1.82) is 0 Å². The number of hydrogen-bond acceptors (Lipinski definition) is 8. The smallest absolute Gasteiger partial charge is 0.407 e. The van der Waals surface area contributed by atoms with Crippen molar-refractivity contribution in [2.75, 3.05) is 29.0 Å². The molecule has 180 valence electrons. The summed E-state index contributed by atoms with van der Waals surface area (Å²) in [5, 5.41) is 10.5. The van der Waals surface area contributed by atoms with Gasteiger partial charge in [-0.2, -0.15) is 5.10 Å². The van der Waals surface area contributed by atoms with E-state index in [1.165, 1.54) is 11.3 Å². The highest BCUT2D eigenvalue weighted by molar-refractivity contribution is 9.11. The van der Waals surface area contributed by atoms with E-state index in [2.05, 4.69) is 41.5 Å². The molecule has 2 amide bonds. The van der Waals surface area contributed by atoms with E-state index in [0.29, 0.717) is 21.2 Å². The zero-order valence-electron chi connectivity index (χ0n) is 18.7. The number of anilines is 3. The number of nitrogens with zero attached hydrogens (tertiary/aromatic N) is 4. The molecule has 1 atom stereocenters. The number of benzene rings is 1. The van der Waals surface area contributed by atoms with Gasteiger partial charge in [-0.3, -0.25) is 9.48 Å². The van der Waals surface area contributed by atoms with Crippen LogP contribution in [0, 0.1) is 0 Å². The second-order valence-corrected chi connectivity index (χ2v) is 10.3. The van der Waals surface area contributed by atoms with Gasteiger partial charge in [0.25, 0.3) is 5.91 Å². The first kappa shape index (κ1) is 24.0. The van der Waals surface area contributed by atoms with Crippen molar-refractivity contribution in [3.8, 4) is 0 Å². The Balaban J connectivity index is 1.35. The Kier molecular flexibility index (Phi) is 7.68. The van der Waals surface area contributed by atoms with E-state index < -0.39 is 6.09 Å². The second kappa shape index (κ2) is 10.9. The molecule has 10 nitrogen and oxygen atoms in total. The van der Waals surface area contributed by atoms with Crippen LogP contribution in [0.5, 0.6) is 0 Å². The van der Waals surface area contributed by atoms with Crippen molar-refractivity contribution in [2.24, 2.45) is 7.05 Å². The number of ether oxygens (including phenoxy) is 1. The van der Waals surface area contributed by atoms with E-state index in [0.717, 1.165) is 37.2 Å². The summed E-state index contributed by atoms with van der Waals surface area (Å²) in [5.74, 6) is 0.415. The topological polar surface area (TPSA) is 127 Å². The predicted molar refractivity (Wildman–Crippen MR) is 135 cm³/mol. The molecule has 4 N–H and O–H groups in total. The van der Waals surface area contributed by atoms with Gasteiger partial charge in [-0.25, -0.2) is 9.78 Å². The van der Waals surface area contributed by atoms with Gasteiger partial charge in [0, 0.05) is 26.2 Å². The predicted octanol–water partition coefficient (Wildman–Crippen LogP) is 3.76. The van der Waals surface area contributed by atoms with Crippen molar-refractivity contribution in [2.45, 2.75) is 31.9 Å². The maximum absolute atomic E-state index is 12.7. The van der Waals surface area contributed by atoms with Crippen LogP contribution in [-0.4, -0.2) is 45.9 Å². The number of halogens is 1. The fraction of sp³-hybridized carbons (Fsp3) is 0.364. The second-order valence-electron chi connectivity index (χ2n) is 7.96. The van der Waals surface area contributed by atoms with E-state index >= 15 is 0 Å². The van der Waals surface area contributed by atoms with Crippen molar-refractivity contribution < 1.29 is 14.3 Å². The lowest BCUT2D eigenvalue weighted by atomic mass is 10.1. The first-order valence-corrected chi connectivity index (χ1v) is 12.5. The highest BCUT2D eigenvalue weighted by atomic mass is 79.9. The molecule has 0 bridgehead atoms. The molecule has 0 unspecified atom stereocenters. The molecule has 12 heteroatoms. The maximum Gasteiger partial charge on any atom is 0.407 e. The summed E-state index contributed by atoms with van der Waals surface area (Å²) < 4.78 is 7.65. The summed E-state index contributed by atoms with van der Waals surface area (Å²) in [6.07, 6.45) is 3.65. The van der Waals surface area contributed by atoms with Crippen LogP contribution in [0.2, 0.25) is 0 Å². The van der Waals surface area contributed by atoms with Gasteiger partial charge in [-0.15, -0.1) is 0 Å². The zero-order valence-corrected chi connectivity index (χ0v) is 21.1. The monoisotopic (exact) mass is 547 g/mol. The van der Waals surface area contributed by atoms with Gasteiger partial charge in [0.15, 0.2) is 15.4 Å². The molecule has 1 saturated heterocycles. The highest BCUT2D eigenvalue weighted by Crippen LogP contribution is 2.30. The van der Waals surface area contributed by atoms with Gasteiger partial charge in [0.05, 0.1) is 6.20 Å². The van der Waals surface area contributed by atoms with Crippen molar-refractivity contribution in [3.63, 3.8) is 0 Å². The number of hydrogen-bond donors (Lipinski definition) is 3. The number of rotatable bonds is 6. The molecule has 3 aromatic rings. The lowest BCUT2D eigenvalue weighted by molar-refractivity contribution is 0.102. The summed E-state index contributed by atoms with van der Waals surface area (Å²) in [6.45, 7) is 1.70. The number of aryl methyl sites for hydroxylation is 1. The Morgan fingerprint density at radius 3 is 2.79 bits per heavy atom. The average molecular weight is 548 g/mol. The van der Waals surface area contributed by atoms with Crippen LogP contribution in [0.15, 0.2) is 40.4 Å². The Morgan fingerprint density at radius 2 is 2.06 bits per heavy atom. The molecule has 0 aliphatic carbocycles. The molecule has 34 heavy (non-hydrogen) atoms. The summed E-state index contributed by atoms with van der Waals surface area (Å²) in [5.41, 5.74) is 7.62. The lowest BCUT2D eigenvalue weighted by Gasteiger charge is -2.24. The van der Waals surface area contributed by atoms with E-state index in [1.54, 1.807) is 10.9 Å². The first-order valence-electron chi connectivity index (χ1n) is 10.9. The molecule has 1 fully saturated rings. The lowest BCUT2D eigenvalue weighted by Crippen LogP contribution is -2.36. The van der Waals surface area contributed by atoms with Gasteiger partial charge < -0.3 is 26.0 Å². The van der Waals surface area contributed by atoms with E-state index in [-0.39, 0.29) is 24.2 Å². The summed E-state index contributed by atoms with van der Waals surface area (Å²) >= 11 is 4.46. The molecule has 0 radical (unpaired) electrons. The Labute approximate surface area is 209 Å². The van der Waals surface area contributed by atoms with Crippen LogP contribution in [0.25, 0.3) is 0 Å². The third-order valence-electron chi connectivity index (χ3n) is 5.56. The van der Waals surface area contributed by atoms with E-state index in [4.69, 9.17) is 10.5 Å². The molecular weight excluding hydrogens is 522 g/mol. The minimum atomic E-state index is -0.414. The number of carbonyl (C=O) groups excluding carboxylic acids is 2. The largest absolute Gasteiger partial charge is 0.445 e. The summed E-state index contributed by atoms with van der Waals surface area (Å²) in [7, 11) is 1.83. The molecule has 3 heterocycles. The normalized spacial score (nSPS) is 16.1. The SMILES string of the molecule is Cn1ncc(NC(=O)c2nc(Br)sc2N)c1N1CCC[C@@H](NC(=O)OCc2ccccc2)CC1. The van der Waals surface area contributed by atoms with Gasteiger partial charge in [-0.05, 0) is 40.8 Å². The highest BCUT2D eigenvalue weighted by Gasteiger charge is 2.25. The Morgan fingerprint density at radius 1 is 1.26 bits per heavy atom. The van der Waals surface area contributed by atoms with Crippen LogP contribution in [0.4, 0.5) is 21.3 Å². The number of nitrogens with two attached hydrogens (primary N) is 1. The number of amides is 2.